The van der Waals surface area contributed by atoms with E-state index in [-0.39, 0.29) is 17.3 Å². The molecule has 0 bridgehead atoms. The topological polar surface area (TPSA) is 110 Å². The van der Waals surface area contributed by atoms with E-state index in [2.05, 4.69) is 20.4 Å². The molecule has 148 valence electrons. The first-order chi connectivity index (χ1) is 14.1. The van der Waals surface area contributed by atoms with Crippen LogP contribution in [0.3, 0.4) is 0 Å². The molecule has 4 aromatic rings. The molecular weight excluding hydrogens is 399 g/mol. The van der Waals surface area contributed by atoms with Crippen molar-refractivity contribution in [1.82, 2.24) is 20.4 Å². The van der Waals surface area contributed by atoms with Crippen molar-refractivity contribution in [2.45, 2.75) is 6.04 Å². The summed E-state index contributed by atoms with van der Waals surface area (Å²) in [5, 5.41) is 16.7. The van der Waals surface area contributed by atoms with Crippen molar-refractivity contribution in [3.63, 3.8) is 0 Å². The lowest BCUT2D eigenvalue weighted by Gasteiger charge is -2.12. The van der Waals surface area contributed by atoms with Gasteiger partial charge < -0.3 is 19.7 Å². The van der Waals surface area contributed by atoms with Crippen LogP contribution in [0.2, 0.25) is 0 Å². The van der Waals surface area contributed by atoms with Gasteiger partial charge in [0, 0.05) is 5.56 Å². The number of ether oxygens (including phenoxy) is 1. The Balaban J connectivity index is 1.55. The van der Waals surface area contributed by atoms with Gasteiger partial charge in [0.25, 0.3) is 11.8 Å². The highest BCUT2D eigenvalue weighted by Crippen LogP contribution is 2.31. The summed E-state index contributed by atoms with van der Waals surface area (Å²) in [7, 11) is 1.59. The van der Waals surface area contributed by atoms with Crippen LogP contribution < -0.4 is 10.1 Å². The average Bonchev–Trinajstić information content (AvgIpc) is 3.38. The van der Waals surface area contributed by atoms with Gasteiger partial charge >= 0.3 is 0 Å². The zero-order valence-electron chi connectivity index (χ0n) is 15.1. The molecule has 2 N–H and O–H groups in total. The van der Waals surface area contributed by atoms with Crippen LogP contribution in [0.25, 0.3) is 21.0 Å². The van der Waals surface area contributed by atoms with Crippen molar-refractivity contribution in [1.29, 1.82) is 0 Å². The maximum Gasteiger partial charge on any atom is 0.252 e. The van der Waals surface area contributed by atoms with Gasteiger partial charge in [0.1, 0.15) is 17.6 Å². The summed E-state index contributed by atoms with van der Waals surface area (Å²) < 4.78 is 24.3. The minimum Gasteiger partial charge on any atom is -0.497 e. The van der Waals surface area contributed by atoms with Crippen LogP contribution in [0.5, 0.6) is 5.75 Å². The third-order valence-electron chi connectivity index (χ3n) is 4.12. The highest BCUT2D eigenvalue weighted by atomic mass is 32.1. The molecule has 0 aliphatic carbocycles. The quantitative estimate of drug-likeness (QED) is 0.499. The van der Waals surface area contributed by atoms with E-state index in [1.54, 1.807) is 13.2 Å². The predicted octanol–water partition coefficient (Wildman–Crippen LogP) is 2.96. The van der Waals surface area contributed by atoms with Crippen LogP contribution in [0, 0.1) is 5.82 Å². The van der Waals surface area contributed by atoms with Crippen molar-refractivity contribution >= 4 is 27.5 Å². The molecule has 8 nitrogen and oxygen atoms in total. The second-order valence-electron chi connectivity index (χ2n) is 6.02. The molecule has 0 aliphatic heterocycles. The standard InChI is InChI=1S/C19H15FN4O4S/c1-27-12-6-7-13-15(8-12)29-19(22-13)16-23-18(28-24-16)14(9-25)21-17(26)10-2-4-11(20)5-3-10/h2-8,14,25H,9H2,1H3,(H,21,26)/t14-/m0/s1. The van der Waals surface area contributed by atoms with E-state index in [1.807, 2.05) is 12.1 Å². The number of amides is 1. The fraction of sp³-hybridized carbons (Fsp3) is 0.158. The number of aliphatic hydroxyl groups is 1. The highest BCUT2D eigenvalue weighted by molar-refractivity contribution is 7.21. The number of methoxy groups -OCH3 is 1. The van der Waals surface area contributed by atoms with E-state index in [0.717, 1.165) is 10.2 Å². The maximum atomic E-state index is 13.0. The third-order valence-corrected chi connectivity index (χ3v) is 5.14. The molecule has 10 heteroatoms. The third kappa shape index (κ3) is 3.93. The van der Waals surface area contributed by atoms with Crippen molar-refractivity contribution in [2.75, 3.05) is 13.7 Å². The van der Waals surface area contributed by atoms with Crippen LogP contribution in [0.1, 0.15) is 22.3 Å². The number of thiazole rings is 1. The number of benzene rings is 2. The summed E-state index contributed by atoms with van der Waals surface area (Å²) in [6, 6.07) is 9.61. The second kappa shape index (κ2) is 7.94. The summed E-state index contributed by atoms with van der Waals surface area (Å²) in [6.07, 6.45) is 0. The van der Waals surface area contributed by atoms with Crippen molar-refractivity contribution in [3.8, 4) is 16.6 Å². The number of aliphatic hydroxyl groups excluding tert-OH is 1. The van der Waals surface area contributed by atoms with E-state index in [1.165, 1.54) is 35.6 Å². The Kier molecular flexibility index (Phi) is 5.19. The van der Waals surface area contributed by atoms with Gasteiger partial charge in [-0.3, -0.25) is 4.79 Å². The maximum absolute atomic E-state index is 13.0. The van der Waals surface area contributed by atoms with E-state index >= 15 is 0 Å². The van der Waals surface area contributed by atoms with Gasteiger partial charge in [-0.1, -0.05) is 5.16 Å². The Bertz CT molecular complexity index is 1160. The summed E-state index contributed by atoms with van der Waals surface area (Å²) in [6.45, 7) is -0.453. The van der Waals surface area contributed by atoms with Crippen LogP contribution in [-0.2, 0) is 0 Å². The Morgan fingerprint density at radius 2 is 2.07 bits per heavy atom. The summed E-state index contributed by atoms with van der Waals surface area (Å²) in [5.41, 5.74) is 1.00. The molecule has 4 rings (SSSR count). The molecule has 0 unspecified atom stereocenters. The number of halogens is 1. The number of hydrogen-bond donors (Lipinski definition) is 2. The second-order valence-corrected chi connectivity index (χ2v) is 7.06. The summed E-state index contributed by atoms with van der Waals surface area (Å²) in [5.74, 6) is 0.0425. The number of nitrogens with zero attached hydrogens (tertiary/aromatic N) is 3. The first-order valence-corrected chi connectivity index (χ1v) is 9.35. The van der Waals surface area contributed by atoms with Gasteiger partial charge in [-0.2, -0.15) is 4.98 Å². The lowest BCUT2D eigenvalue weighted by atomic mass is 10.2. The molecule has 2 heterocycles. The molecule has 0 spiro atoms. The first kappa shape index (κ1) is 19.0. The van der Waals surface area contributed by atoms with E-state index in [0.29, 0.717) is 10.8 Å². The lowest BCUT2D eigenvalue weighted by Crippen LogP contribution is -2.31. The van der Waals surface area contributed by atoms with Gasteiger partial charge in [0.05, 0.1) is 23.9 Å². The molecule has 1 atom stereocenters. The van der Waals surface area contributed by atoms with Crippen molar-refractivity contribution < 1.29 is 23.6 Å². The van der Waals surface area contributed by atoms with Gasteiger partial charge in [0.15, 0.2) is 5.01 Å². The van der Waals surface area contributed by atoms with Crippen LogP contribution in [0.15, 0.2) is 47.0 Å². The largest absolute Gasteiger partial charge is 0.497 e. The molecule has 0 fully saturated rings. The lowest BCUT2D eigenvalue weighted by molar-refractivity contribution is 0.0901. The fourth-order valence-corrected chi connectivity index (χ4v) is 3.54. The number of carbonyl (C=O) groups is 1. The predicted molar refractivity (Wildman–Crippen MR) is 103 cm³/mol. The molecule has 0 radical (unpaired) electrons. The highest BCUT2D eigenvalue weighted by Gasteiger charge is 2.23. The number of carbonyl (C=O) groups excluding carboxylic acids is 1. The summed E-state index contributed by atoms with van der Waals surface area (Å²) in [4.78, 5) is 21.0. The molecule has 0 aliphatic rings. The SMILES string of the molecule is COc1ccc2nc(-c3noc([C@H](CO)NC(=O)c4ccc(F)cc4)n3)sc2c1. The minimum atomic E-state index is -0.914. The molecule has 2 aromatic carbocycles. The monoisotopic (exact) mass is 414 g/mol. The van der Waals surface area contributed by atoms with E-state index < -0.39 is 24.4 Å². The minimum absolute atomic E-state index is 0.0369. The molecule has 1 amide bonds. The zero-order valence-corrected chi connectivity index (χ0v) is 15.9. The molecule has 0 saturated heterocycles. The van der Waals surface area contributed by atoms with Gasteiger partial charge in [-0.15, -0.1) is 11.3 Å². The van der Waals surface area contributed by atoms with Crippen LogP contribution >= 0.6 is 11.3 Å². The number of rotatable bonds is 6. The van der Waals surface area contributed by atoms with Crippen molar-refractivity contribution in [2.24, 2.45) is 0 Å². The fourth-order valence-electron chi connectivity index (χ4n) is 2.62. The van der Waals surface area contributed by atoms with Gasteiger partial charge in [-0.05, 0) is 42.5 Å². The Hall–Kier alpha value is -3.37. The normalized spacial score (nSPS) is 12.1. The molecular formula is C19H15FN4O4S. The first-order valence-electron chi connectivity index (χ1n) is 8.53. The van der Waals surface area contributed by atoms with Gasteiger partial charge in [-0.25, -0.2) is 9.37 Å². The number of aromatic nitrogens is 3. The molecule has 0 saturated carbocycles. The van der Waals surface area contributed by atoms with Crippen LogP contribution in [0.4, 0.5) is 4.39 Å². The molecule has 29 heavy (non-hydrogen) atoms. The number of fused-ring (bicyclic) bond motifs is 1. The summed E-state index contributed by atoms with van der Waals surface area (Å²) >= 11 is 1.36. The Morgan fingerprint density at radius 3 is 2.79 bits per heavy atom. The number of nitrogens with one attached hydrogen (secondary N) is 1. The average molecular weight is 414 g/mol. The zero-order chi connectivity index (χ0) is 20.4. The smallest absolute Gasteiger partial charge is 0.252 e. The van der Waals surface area contributed by atoms with Gasteiger partial charge in [0.2, 0.25) is 5.82 Å². The van der Waals surface area contributed by atoms with Crippen LogP contribution in [-0.4, -0.2) is 39.9 Å². The Morgan fingerprint density at radius 1 is 1.28 bits per heavy atom. The Labute approximate surface area is 168 Å². The van der Waals surface area contributed by atoms with E-state index in [4.69, 9.17) is 9.26 Å². The van der Waals surface area contributed by atoms with Crippen molar-refractivity contribution in [3.05, 3.63) is 59.7 Å². The number of hydrogen-bond acceptors (Lipinski definition) is 8. The van der Waals surface area contributed by atoms with E-state index in [9.17, 15) is 14.3 Å². The molecule has 2 aromatic heterocycles.